The third-order valence-electron chi connectivity index (χ3n) is 4.50. The Hall–Kier alpha value is -1.07. The summed E-state index contributed by atoms with van der Waals surface area (Å²) >= 11 is 3.33. The van der Waals surface area contributed by atoms with Gasteiger partial charge in [-0.05, 0) is 53.7 Å². The highest BCUT2D eigenvalue weighted by atomic mass is 79.9. The fourth-order valence-corrected chi connectivity index (χ4v) is 3.78. The predicted molar refractivity (Wildman–Crippen MR) is 84.1 cm³/mol. The van der Waals surface area contributed by atoms with Crippen molar-refractivity contribution in [1.29, 1.82) is 0 Å². The van der Waals surface area contributed by atoms with E-state index in [1.54, 1.807) is 18.2 Å². The summed E-state index contributed by atoms with van der Waals surface area (Å²) in [4.78, 5) is 12.1. The van der Waals surface area contributed by atoms with Crippen LogP contribution in [0.4, 0.5) is 5.69 Å². The zero-order valence-corrected chi connectivity index (χ0v) is 13.5. The van der Waals surface area contributed by atoms with Crippen LogP contribution in [0.15, 0.2) is 22.7 Å². The van der Waals surface area contributed by atoms with Gasteiger partial charge in [0, 0.05) is 5.69 Å². The molecule has 2 N–H and O–H groups in total. The van der Waals surface area contributed by atoms with Gasteiger partial charge in [0.2, 0.25) is 0 Å². The van der Waals surface area contributed by atoms with Crippen LogP contribution in [0.1, 0.15) is 48.9 Å². The van der Waals surface area contributed by atoms with Crippen molar-refractivity contribution in [1.82, 2.24) is 0 Å². The van der Waals surface area contributed by atoms with E-state index >= 15 is 0 Å². The summed E-state index contributed by atoms with van der Waals surface area (Å²) in [5.41, 5.74) is 6.85. The van der Waals surface area contributed by atoms with Crippen molar-refractivity contribution in [3.05, 3.63) is 28.2 Å². The molecule has 3 rings (SSSR count). The summed E-state index contributed by atoms with van der Waals surface area (Å²) in [7, 11) is 0. The van der Waals surface area contributed by atoms with E-state index in [1.807, 2.05) is 0 Å². The number of benzene rings is 1. The molecule has 1 aromatic carbocycles. The molecule has 4 nitrogen and oxygen atoms in total. The van der Waals surface area contributed by atoms with Gasteiger partial charge < -0.3 is 15.2 Å². The van der Waals surface area contributed by atoms with Crippen LogP contribution in [-0.2, 0) is 9.47 Å². The lowest BCUT2D eigenvalue weighted by Crippen LogP contribution is -2.27. The molecule has 114 valence electrons. The lowest BCUT2D eigenvalue weighted by molar-refractivity contribution is -0.0598. The number of ether oxygens (including phenoxy) is 2. The highest BCUT2D eigenvalue weighted by molar-refractivity contribution is 9.10. The fourth-order valence-electron chi connectivity index (χ4n) is 3.35. The monoisotopic (exact) mass is 353 g/mol. The predicted octanol–water partition coefficient (Wildman–Crippen LogP) is 3.68. The van der Waals surface area contributed by atoms with Gasteiger partial charge in [-0.3, -0.25) is 0 Å². The zero-order chi connectivity index (χ0) is 14.9. The van der Waals surface area contributed by atoms with E-state index in [1.165, 1.54) is 12.8 Å². The number of hydrogen-bond acceptors (Lipinski definition) is 4. The quantitative estimate of drug-likeness (QED) is 0.664. The number of rotatable bonds is 3. The van der Waals surface area contributed by atoms with Crippen molar-refractivity contribution < 1.29 is 14.3 Å². The molecule has 0 amide bonds. The lowest BCUT2D eigenvalue weighted by Gasteiger charge is -2.23. The first-order chi connectivity index (χ1) is 10.1. The number of carbonyl (C=O) groups is 1. The second-order valence-electron chi connectivity index (χ2n) is 5.98. The minimum absolute atomic E-state index is 0.0342. The Kier molecular flexibility index (Phi) is 4.22. The maximum absolute atomic E-state index is 12.1. The normalized spacial score (nSPS) is 23.6. The maximum Gasteiger partial charge on any atom is 0.339 e. The van der Waals surface area contributed by atoms with Gasteiger partial charge in [-0.2, -0.15) is 0 Å². The van der Waals surface area contributed by atoms with Crippen LogP contribution in [0.25, 0.3) is 0 Å². The van der Waals surface area contributed by atoms with Gasteiger partial charge in [-0.15, -0.1) is 0 Å². The SMILES string of the molecule is Nc1cccc(C(=O)OCC2CCC3(CCCC3)O2)c1Br. The van der Waals surface area contributed by atoms with Crippen LogP contribution < -0.4 is 5.73 Å². The molecule has 0 bridgehead atoms. The van der Waals surface area contributed by atoms with Gasteiger partial charge in [0.15, 0.2) is 0 Å². The second kappa shape index (κ2) is 5.97. The molecule has 21 heavy (non-hydrogen) atoms. The number of nitrogens with two attached hydrogens (primary N) is 1. The van der Waals surface area contributed by atoms with Crippen molar-refractivity contribution in [3.63, 3.8) is 0 Å². The summed E-state index contributed by atoms with van der Waals surface area (Å²) < 4.78 is 12.1. The molecular formula is C16H20BrNO3. The Morgan fingerprint density at radius 2 is 2.14 bits per heavy atom. The minimum atomic E-state index is -0.356. The van der Waals surface area contributed by atoms with Crippen molar-refractivity contribution >= 4 is 27.6 Å². The molecule has 1 saturated carbocycles. The van der Waals surface area contributed by atoms with Crippen LogP contribution >= 0.6 is 15.9 Å². The molecule has 1 atom stereocenters. The van der Waals surface area contributed by atoms with Gasteiger partial charge >= 0.3 is 5.97 Å². The average molecular weight is 354 g/mol. The molecule has 1 unspecified atom stereocenters. The van der Waals surface area contributed by atoms with Gasteiger partial charge in [0.1, 0.15) is 6.61 Å². The molecular weight excluding hydrogens is 334 g/mol. The first kappa shape index (κ1) is 14.9. The highest BCUT2D eigenvalue weighted by Gasteiger charge is 2.42. The second-order valence-corrected chi connectivity index (χ2v) is 6.77. The molecule has 1 spiro atoms. The van der Waals surface area contributed by atoms with Crippen LogP contribution in [0.5, 0.6) is 0 Å². The largest absolute Gasteiger partial charge is 0.459 e. The molecule has 2 aliphatic rings. The van der Waals surface area contributed by atoms with Crippen molar-refractivity contribution in [2.45, 2.75) is 50.2 Å². The number of halogens is 1. The number of esters is 1. The van der Waals surface area contributed by atoms with Crippen LogP contribution in [-0.4, -0.2) is 24.3 Å². The van der Waals surface area contributed by atoms with Gasteiger partial charge in [0.25, 0.3) is 0 Å². The molecule has 1 aliphatic carbocycles. The van der Waals surface area contributed by atoms with E-state index in [0.29, 0.717) is 22.3 Å². The first-order valence-corrected chi connectivity index (χ1v) is 8.28. The summed E-state index contributed by atoms with van der Waals surface area (Å²) in [6.07, 6.45) is 6.91. The zero-order valence-electron chi connectivity index (χ0n) is 11.9. The van der Waals surface area contributed by atoms with Crippen molar-refractivity contribution in [3.8, 4) is 0 Å². The van der Waals surface area contributed by atoms with Gasteiger partial charge in [0.05, 0.1) is 21.7 Å². The number of nitrogen functional groups attached to an aromatic ring is 1. The van der Waals surface area contributed by atoms with Gasteiger partial charge in [-0.25, -0.2) is 4.79 Å². The fraction of sp³-hybridized carbons (Fsp3) is 0.562. The Morgan fingerprint density at radius 1 is 1.38 bits per heavy atom. The molecule has 2 fully saturated rings. The number of carbonyl (C=O) groups excluding carboxylic acids is 1. The molecule has 5 heteroatoms. The summed E-state index contributed by atoms with van der Waals surface area (Å²) in [5.74, 6) is -0.356. The molecule has 1 aromatic rings. The smallest absolute Gasteiger partial charge is 0.339 e. The molecule has 1 aliphatic heterocycles. The first-order valence-electron chi connectivity index (χ1n) is 7.49. The summed E-state index contributed by atoms with van der Waals surface area (Å²) in [6, 6.07) is 5.19. The summed E-state index contributed by atoms with van der Waals surface area (Å²) in [6.45, 7) is 0.321. The summed E-state index contributed by atoms with van der Waals surface area (Å²) in [5, 5.41) is 0. The number of anilines is 1. The van der Waals surface area contributed by atoms with E-state index in [-0.39, 0.29) is 17.7 Å². The maximum atomic E-state index is 12.1. The van der Waals surface area contributed by atoms with E-state index in [0.717, 1.165) is 25.7 Å². The standard InChI is InChI=1S/C16H20BrNO3/c17-14-12(4-3-5-13(14)18)15(19)20-10-11-6-9-16(21-11)7-1-2-8-16/h3-5,11H,1-2,6-10,18H2. The molecule has 0 radical (unpaired) electrons. The van der Waals surface area contributed by atoms with Crippen molar-refractivity contribution in [2.24, 2.45) is 0 Å². The van der Waals surface area contributed by atoms with E-state index in [9.17, 15) is 4.79 Å². The Morgan fingerprint density at radius 3 is 2.90 bits per heavy atom. The Balaban J connectivity index is 1.56. The molecule has 1 heterocycles. The van der Waals surface area contributed by atoms with E-state index < -0.39 is 0 Å². The van der Waals surface area contributed by atoms with Crippen LogP contribution in [0.3, 0.4) is 0 Å². The lowest BCUT2D eigenvalue weighted by atomic mass is 9.98. The van der Waals surface area contributed by atoms with Gasteiger partial charge in [-0.1, -0.05) is 18.9 Å². The minimum Gasteiger partial charge on any atom is -0.459 e. The van der Waals surface area contributed by atoms with Crippen LogP contribution in [0, 0.1) is 0 Å². The third kappa shape index (κ3) is 3.09. The average Bonchev–Trinajstić information content (AvgIpc) is 3.10. The van der Waals surface area contributed by atoms with Crippen LogP contribution in [0.2, 0.25) is 0 Å². The highest BCUT2D eigenvalue weighted by Crippen LogP contribution is 2.43. The molecule has 1 saturated heterocycles. The Labute approximate surface area is 133 Å². The third-order valence-corrected chi connectivity index (χ3v) is 5.39. The topological polar surface area (TPSA) is 61.6 Å². The van der Waals surface area contributed by atoms with Crippen molar-refractivity contribution in [2.75, 3.05) is 12.3 Å². The van der Waals surface area contributed by atoms with E-state index in [2.05, 4.69) is 15.9 Å². The van der Waals surface area contributed by atoms with E-state index in [4.69, 9.17) is 15.2 Å². The molecule has 0 aromatic heterocycles. The number of hydrogen-bond donors (Lipinski definition) is 1. The Bertz CT molecular complexity index is 540.